The molecular formula is C12H19NO2. The molecule has 0 aromatic heterocycles. The third-order valence-electron chi connectivity index (χ3n) is 2.59. The molecule has 1 aromatic rings. The monoisotopic (exact) mass is 209 g/mol. The van der Waals surface area contributed by atoms with Crippen molar-refractivity contribution in [3.63, 3.8) is 0 Å². The second-order valence-corrected chi connectivity index (χ2v) is 3.75. The van der Waals surface area contributed by atoms with Crippen molar-refractivity contribution in [1.82, 2.24) is 5.32 Å². The molecule has 0 spiro atoms. The molecule has 2 N–H and O–H groups in total. The van der Waals surface area contributed by atoms with Gasteiger partial charge in [0, 0.05) is 0 Å². The lowest BCUT2D eigenvalue weighted by molar-refractivity contribution is 0.177. The molecule has 0 aliphatic heterocycles. The Morgan fingerprint density at radius 2 is 2.20 bits per heavy atom. The van der Waals surface area contributed by atoms with E-state index in [2.05, 4.69) is 5.32 Å². The van der Waals surface area contributed by atoms with E-state index >= 15 is 0 Å². The number of methoxy groups -OCH3 is 1. The third-order valence-corrected chi connectivity index (χ3v) is 2.59. The molecule has 0 aliphatic rings. The maximum Gasteiger partial charge on any atom is 0.119 e. The molecule has 1 atom stereocenters. The first kappa shape index (κ1) is 12.0. The summed E-state index contributed by atoms with van der Waals surface area (Å²) < 4.78 is 5.16. The summed E-state index contributed by atoms with van der Waals surface area (Å²) in [5.41, 5.74) is 0.634. The van der Waals surface area contributed by atoms with Crippen LogP contribution in [-0.2, 0) is 5.54 Å². The molecular weight excluding hydrogens is 190 g/mol. The summed E-state index contributed by atoms with van der Waals surface area (Å²) in [6.07, 6.45) is 0. The van der Waals surface area contributed by atoms with Gasteiger partial charge in [-0.25, -0.2) is 0 Å². The second-order valence-electron chi connectivity index (χ2n) is 3.75. The molecule has 0 saturated carbocycles. The summed E-state index contributed by atoms with van der Waals surface area (Å²) in [6.45, 7) is 4.88. The summed E-state index contributed by atoms with van der Waals surface area (Å²) in [4.78, 5) is 0. The lowest BCUT2D eigenvalue weighted by Gasteiger charge is -2.29. The Kier molecular flexibility index (Phi) is 4.12. The van der Waals surface area contributed by atoms with Gasteiger partial charge in [-0.1, -0.05) is 19.1 Å². The van der Waals surface area contributed by atoms with Gasteiger partial charge in [-0.05, 0) is 31.2 Å². The summed E-state index contributed by atoms with van der Waals surface area (Å²) in [5.74, 6) is 0.810. The molecule has 15 heavy (non-hydrogen) atoms. The predicted octanol–water partition coefficient (Wildman–Crippen LogP) is 1.51. The van der Waals surface area contributed by atoms with Gasteiger partial charge in [0.2, 0.25) is 0 Å². The quantitative estimate of drug-likeness (QED) is 0.772. The van der Waals surface area contributed by atoms with Crippen LogP contribution in [0.4, 0.5) is 0 Å². The largest absolute Gasteiger partial charge is 0.497 e. The van der Waals surface area contributed by atoms with E-state index in [9.17, 15) is 5.11 Å². The number of hydrogen-bond acceptors (Lipinski definition) is 3. The first-order valence-corrected chi connectivity index (χ1v) is 5.16. The molecule has 1 rings (SSSR count). The Morgan fingerprint density at radius 3 is 2.73 bits per heavy atom. The minimum absolute atomic E-state index is 0.0635. The third kappa shape index (κ3) is 2.70. The Labute approximate surface area is 91.1 Å². The number of aliphatic hydroxyl groups excluding tert-OH is 1. The second kappa shape index (κ2) is 5.14. The highest BCUT2D eigenvalue weighted by Gasteiger charge is 2.24. The number of hydrogen-bond donors (Lipinski definition) is 2. The van der Waals surface area contributed by atoms with Gasteiger partial charge in [0.25, 0.3) is 0 Å². The maximum atomic E-state index is 9.43. The van der Waals surface area contributed by atoms with Crippen LogP contribution in [0.2, 0.25) is 0 Å². The molecule has 0 aliphatic carbocycles. The Balaban J connectivity index is 3.00. The zero-order valence-corrected chi connectivity index (χ0v) is 9.58. The van der Waals surface area contributed by atoms with E-state index in [0.717, 1.165) is 17.9 Å². The molecule has 0 amide bonds. The van der Waals surface area contributed by atoms with Gasteiger partial charge >= 0.3 is 0 Å². The van der Waals surface area contributed by atoms with Crippen molar-refractivity contribution >= 4 is 0 Å². The fraction of sp³-hybridized carbons (Fsp3) is 0.500. The van der Waals surface area contributed by atoms with Crippen molar-refractivity contribution in [2.24, 2.45) is 0 Å². The van der Waals surface area contributed by atoms with E-state index in [4.69, 9.17) is 4.74 Å². The highest BCUT2D eigenvalue weighted by Crippen LogP contribution is 2.23. The number of benzene rings is 1. The van der Waals surface area contributed by atoms with Crippen LogP contribution < -0.4 is 10.1 Å². The lowest BCUT2D eigenvalue weighted by Crippen LogP contribution is -2.42. The first-order valence-electron chi connectivity index (χ1n) is 5.16. The zero-order valence-electron chi connectivity index (χ0n) is 9.58. The minimum Gasteiger partial charge on any atom is -0.497 e. The van der Waals surface area contributed by atoms with Gasteiger partial charge < -0.3 is 15.2 Å². The van der Waals surface area contributed by atoms with E-state index in [-0.39, 0.29) is 6.61 Å². The van der Waals surface area contributed by atoms with Gasteiger partial charge in [0.1, 0.15) is 5.75 Å². The lowest BCUT2D eigenvalue weighted by atomic mass is 9.93. The zero-order chi connectivity index (χ0) is 11.3. The van der Waals surface area contributed by atoms with Crippen molar-refractivity contribution in [3.05, 3.63) is 29.8 Å². The van der Waals surface area contributed by atoms with Gasteiger partial charge in [0.05, 0.1) is 19.3 Å². The molecule has 0 radical (unpaired) electrons. The summed E-state index contributed by atoms with van der Waals surface area (Å²) >= 11 is 0. The van der Waals surface area contributed by atoms with Crippen molar-refractivity contribution in [1.29, 1.82) is 0 Å². The molecule has 1 unspecified atom stereocenters. The molecule has 0 bridgehead atoms. The van der Waals surface area contributed by atoms with Crippen LogP contribution in [0.3, 0.4) is 0 Å². The highest BCUT2D eigenvalue weighted by atomic mass is 16.5. The molecule has 1 aromatic carbocycles. The van der Waals surface area contributed by atoms with E-state index in [0.29, 0.717) is 0 Å². The van der Waals surface area contributed by atoms with Crippen LogP contribution in [0.15, 0.2) is 24.3 Å². The summed E-state index contributed by atoms with van der Waals surface area (Å²) in [5, 5.41) is 12.7. The minimum atomic E-state index is -0.400. The van der Waals surface area contributed by atoms with Crippen LogP contribution in [0, 0.1) is 0 Å². The smallest absolute Gasteiger partial charge is 0.119 e. The Hall–Kier alpha value is -1.06. The highest BCUT2D eigenvalue weighted by molar-refractivity contribution is 5.33. The maximum absolute atomic E-state index is 9.43. The Morgan fingerprint density at radius 1 is 1.47 bits per heavy atom. The topological polar surface area (TPSA) is 41.5 Å². The fourth-order valence-electron chi connectivity index (χ4n) is 1.61. The van der Waals surface area contributed by atoms with E-state index in [1.165, 1.54) is 0 Å². The van der Waals surface area contributed by atoms with Gasteiger partial charge in [0.15, 0.2) is 0 Å². The SMILES string of the molecule is CCNC(C)(CO)c1cccc(OC)c1. The Bertz CT molecular complexity index is 314. The van der Waals surface area contributed by atoms with Crippen molar-refractivity contribution in [3.8, 4) is 5.75 Å². The standard InChI is InChI=1S/C12H19NO2/c1-4-13-12(2,9-14)10-6-5-7-11(8-10)15-3/h5-8,13-14H,4,9H2,1-3H3. The van der Waals surface area contributed by atoms with Crippen LogP contribution in [0.1, 0.15) is 19.4 Å². The van der Waals surface area contributed by atoms with Crippen LogP contribution in [0.25, 0.3) is 0 Å². The van der Waals surface area contributed by atoms with Crippen LogP contribution in [0.5, 0.6) is 5.75 Å². The molecule has 0 fully saturated rings. The number of aliphatic hydroxyl groups is 1. The average molecular weight is 209 g/mol. The van der Waals surface area contributed by atoms with Crippen LogP contribution >= 0.6 is 0 Å². The van der Waals surface area contributed by atoms with E-state index in [1.54, 1.807) is 7.11 Å². The van der Waals surface area contributed by atoms with Crippen molar-refractivity contribution in [2.45, 2.75) is 19.4 Å². The average Bonchev–Trinajstić information content (AvgIpc) is 2.29. The fourth-order valence-corrected chi connectivity index (χ4v) is 1.61. The molecule has 3 nitrogen and oxygen atoms in total. The molecule has 0 saturated heterocycles. The predicted molar refractivity (Wildman–Crippen MR) is 61.1 cm³/mol. The van der Waals surface area contributed by atoms with E-state index in [1.807, 2.05) is 38.1 Å². The molecule has 84 valence electrons. The van der Waals surface area contributed by atoms with Gasteiger partial charge in [-0.2, -0.15) is 0 Å². The van der Waals surface area contributed by atoms with Crippen LogP contribution in [-0.4, -0.2) is 25.4 Å². The first-order chi connectivity index (χ1) is 7.16. The number of ether oxygens (including phenoxy) is 1. The van der Waals surface area contributed by atoms with E-state index < -0.39 is 5.54 Å². The van der Waals surface area contributed by atoms with Crippen molar-refractivity contribution < 1.29 is 9.84 Å². The van der Waals surface area contributed by atoms with Crippen molar-refractivity contribution in [2.75, 3.05) is 20.3 Å². The molecule has 3 heteroatoms. The van der Waals surface area contributed by atoms with Gasteiger partial charge in [-0.3, -0.25) is 0 Å². The normalized spacial score (nSPS) is 14.7. The van der Waals surface area contributed by atoms with Gasteiger partial charge in [-0.15, -0.1) is 0 Å². The molecule has 0 heterocycles. The number of rotatable bonds is 5. The summed E-state index contributed by atoms with van der Waals surface area (Å²) in [7, 11) is 1.64. The summed E-state index contributed by atoms with van der Waals surface area (Å²) in [6, 6.07) is 7.76. The number of likely N-dealkylation sites (N-methyl/N-ethyl adjacent to an activating group) is 1. The number of nitrogens with one attached hydrogen (secondary N) is 1.